The molecule has 4 nitrogen and oxygen atoms in total. The molecule has 1 heterocycles. The van der Waals surface area contributed by atoms with E-state index in [9.17, 15) is 4.79 Å². The molecule has 120 valence electrons. The van der Waals surface area contributed by atoms with E-state index < -0.39 is 0 Å². The van der Waals surface area contributed by atoms with E-state index in [4.69, 9.17) is 16.0 Å². The first-order valence-electron chi connectivity index (χ1n) is 7.17. The van der Waals surface area contributed by atoms with Gasteiger partial charge in [-0.3, -0.25) is 9.47 Å². The molecule has 3 aromatic rings. The minimum absolute atomic E-state index is 0.369. The molecule has 2 aromatic carbocycles. The minimum Gasteiger partial charge on any atom is -0.408 e. The van der Waals surface area contributed by atoms with Crippen molar-refractivity contribution in [3.8, 4) is 0 Å². The van der Waals surface area contributed by atoms with Gasteiger partial charge in [-0.15, -0.1) is 11.8 Å². The standard InChI is InChI=1S/C17H17ClN2O2S/c1-19(10-12-3-6-14(23-2)7-4-12)11-20-15-8-5-13(18)9-16(15)22-17(20)21/h3-9H,10-11H2,1-2H3. The highest BCUT2D eigenvalue weighted by molar-refractivity contribution is 7.98. The highest BCUT2D eigenvalue weighted by Crippen LogP contribution is 2.19. The smallest absolute Gasteiger partial charge is 0.408 e. The van der Waals surface area contributed by atoms with E-state index >= 15 is 0 Å². The van der Waals surface area contributed by atoms with Gasteiger partial charge in [0.2, 0.25) is 0 Å². The van der Waals surface area contributed by atoms with E-state index in [1.807, 2.05) is 13.1 Å². The van der Waals surface area contributed by atoms with Crippen molar-refractivity contribution in [1.29, 1.82) is 0 Å². The molecule has 0 fully saturated rings. The Kier molecular flexibility index (Phi) is 4.80. The van der Waals surface area contributed by atoms with Crippen LogP contribution in [0.2, 0.25) is 5.02 Å². The fourth-order valence-corrected chi connectivity index (χ4v) is 3.08. The summed E-state index contributed by atoms with van der Waals surface area (Å²) in [6, 6.07) is 13.7. The third kappa shape index (κ3) is 3.63. The minimum atomic E-state index is -0.369. The summed E-state index contributed by atoms with van der Waals surface area (Å²) in [7, 11) is 1.98. The predicted molar refractivity (Wildman–Crippen MR) is 95.2 cm³/mol. The summed E-state index contributed by atoms with van der Waals surface area (Å²) in [5, 5.41) is 0.556. The van der Waals surface area contributed by atoms with Crippen LogP contribution in [-0.4, -0.2) is 22.8 Å². The van der Waals surface area contributed by atoms with E-state index in [-0.39, 0.29) is 5.76 Å². The van der Waals surface area contributed by atoms with E-state index in [1.54, 1.807) is 28.5 Å². The molecule has 3 rings (SSSR count). The zero-order valence-corrected chi connectivity index (χ0v) is 14.5. The Bertz CT molecular complexity index is 870. The second kappa shape index (κ2) is 6.83. The van der Waals surface area contributed by atoms with E-state index in [0.717, 1.165) is 12.1 Å². The molecular formula is C17H17ClN2O2S. The molecule has 1 aromatic heterocycles. The van der Waals surface area contributed by atoms with Gasteiger partial charge in [0.15, 0.2) is 5.58 Å². The predicted octanol–water partition coefficient (Wildman–Crippen LogP) is 4.06. The number of halogens is 1. The van der Waals surface area contributed by atoms with Gasteiger partial charge in [-0.2, -0.15) is 0 Å². The van der Waals surface area contributed by atoms with Crippen LogP contribution in [0.4, 0.5) is 0 Å². The fraction of sp³-hybridized carbons (Fsp3) is 0.235. The van der Waals surface area contributed by atoms with E-state index in [1.165, 1.54) is 10.5 Å². The van der Waals surface area contributed by atoms with E-state index in [2.05, 4.69) is 35.4 Å². The molecular weight excluding hydrogens is 332 g/mol. The summed E-state index contributed by atoms with van der Waals surface area (Å²) in [5.41, 5.74) is 2.47. The summed E-state index contributed by atoms with van der Waals surface area (Å²) in [5.74, 6) is -0.369. The lowest BCUT2D eigenvalue weighted by atomic mass is 10.2. The Hall–Kier alpha value is -1.69. The van der Waals surface area contributed by atoms with Crippen molar-refractivity contribution >= 4 is 34.5 Å². The molecule has 23 heavy (non-hydrogen) atoms. The number of hydrogen-bond donors (Lipinski definition) is 0. The number of hydrogen-bond acceptors (Lipinski definition) is 4. The van der Waals surface area contributed by atoms with Gasteiger partial charge in [0.05, 0.1) is 12.2 Å². The third-order valence-electron chi connectivity index (χ3n) is 3.62. The second-order valence-corrected chi connectivity index (χ2v) is 6.73. The maximum absolute atomic E-state index is 12.0. The highest BCUT2D eigenvalue weighted by Gasteiger charge is 2.11. The van der Waals surface area contributed by atoms with Crippen LogP contribution in [0.3, 0.4) is 0 Å². The average molecular weight is 349 g/mol. The van der Waals surface area contributed by atoms with Crippen LogP contribution in [0.5, 0.6) is 0 Å². The molecule has 0 amide bonds. The largest absolute Gasteiger partial charge is 0.421 e. The van der Waals surface area contributed by atoms with Crippen molar-refractivity contribution in [2.75, 3.05) is 13.3 Å². The van der Waals surface area contributed by atoms with Crippen molar-refractivity contribution < 1.29 is 4.42 Å². The topological polar surface area (TPSA) is 38.4 Å². The Labute approximate surface area is 143 Å². The van der Waals surface area contributed by atoms with Crippen LogP contribution in [0.25, 0.3) is 11.1 Å². The number of nitrogens with zero attached hydrogens (tertiary/aromatic N) is 2. The lowest BCUT2D eigenvalue weighted by Gasteiger charge is -2.17. The third-order valence-corrected chi connectivity index (χ3v) is 4.60. The van der Waals surface area contributed by atoms with Crippen LogP contribution in [-0.2, 0) is 13.2 Å². The number of oxazole rings is 1. The molecule has 0 atom stereocenters. The Morgan fingerprint density at radius 2 is 1.96 bits per heavy atom. The Morgan fingerprint density at radius 1 is 1.22 bits per heavy atom. The molecule has 0 saturated carbocycles. The van der Waals surface area contributed by atoms with Crippen molar-refractivity contribution in [1.82, 2.24) is 9.47 Å². The van der Waals surface area contributed by atoms with Gasteiger partial charge in [0.25, 0.3) is 0 Å². The maximum Gasteiger partial charge on any atom is 0.421 e. The number of aromatic nitrogens is 1. The second-order valence-electron chi connectivity index (χ2n) is 5.41. The fourth-order valence-electron chi connectivity index (χ4n) is 2.51. The first-order chi connectivity index (χ1) is 11.1. The van der Waals surface area contributed by atoms with Crippen molar-refractivity contribution in [3.05, 3.63) is 63.6 Å². The first-order valence-corrected chi connectivity index (χ1v) is 8.77. The monoisotopic (exact) mass is 348 g/mol. The number of rotatable bonds is 5. The van der Waals surface area contributed by atoms with Gasteiger partial charge in [-0.1, -0.05) is 23.7 Å². The van der Waals surface area contributed by atoms with Crippen LogP contribution >= 0.6 is 23.4 Å². The van der Waals surface area contributed by atoms with Gasteiger partial charge < -0.3 is 4.42 Å². The molecule has 0 aliphatic carbocycles. The average Bonchev–Trinajstić information content (AvgIpc) is 2.83. The molecule has 0 aliphatic heterocycles. The number of thioether (sulfide) groups is 1. The normalized spacial score (nSPS) is 11.5. The van der Waals surface area contributed by atoms with Crippen LogP contribution < -0.4 is 5.76 Å². The summed E-state index contributed by atoms with van der Waals surface area (Å²) >= 11 is 7.66. The Morgan fingerprint density at radius 3 is 2.65 bits per heavy atom. The van der Waals surface area contributed by atoms with Crippen molar-refractivity contribution in [2.24, 2.45) is 0 Å². The SMILES string of the molecule is CSc1ccc(CN(C)Cn2c(=O)oc3cc(Cl)ccc32)cc1. The number of benzene rings is 2. The summed E-state index contributed by atoms with van der Waals surface area (Å²) in [6.45, 7) is 1.21. The molecule has 0 N–H and O–H groups in total. The lowest BCUT2D eigenvalue weighted by Crippen LogP contribution is -2.27. The quantitative estimate of drug-likeness (QED) is 0.652. The lowest BCUT2D eigenvalue weighted by molar-refractivity contribution is 0.253. The van der Waals surface area contributed by atoms with Crippen LogP contribution in [0, 0.1) is 0 Å². The van der Waals surface area contributed by atoms with Gasteiger partial charge in [-0.05, 0) is 43.1 Å². The summed E-state index contributed by atoms with van der Waals surface area (Å²) in [6.07, 6.45) is 2.06. The molecule has 6 heteroatoms. The van der Waals surface area contributed by atoms with Gasteiger partial charge >= 0.3 is 5.76 Å². The van der Waals surface area contributed by atoms with Gasteiger partial charge in [0, 0.05) is 22.5 Å². The zero-order chi connectivity index (χ0) is 16.4. The molecule has 0 aliphatic rings. The van der Waals surface area contributed by atoms with Crippen LogP contribution in [0.1, 0.15) is 5.56 Å². The van der Waals surface area contributed by atoms with Crippen molar-refractivity contribution in [2.45, 2.75) is 18.1 Å². The van der Waals surface area contributed by atoms with Crippen molar-refractivity contribution in [3.63, 3.8) is 0 Å². The van der Waals surface area contributed by atoms with Gasteiger partial charge in [-0.25, -0.2) is 4.79 Å². The first kappa shape index (κ1) is 16.2. The Balaban J connectivity index is 1.78. The van der Waals surface area contributed by atoms with E-state index in [0.29, 0.717) is 17.3 Å². The summed E-state index contributed by atoms with van der Waals surface area (Å²) < 4.78 is 6.87. The molecule has 0 spiro atoms. The molecule has 0 radical (unpaired) electrons. The van der Waals surface area contributed by atoms with Gasteiger partial charge in [0.1, 0.15) is 0 Å². The molecule has 0 bridgehead atoms. The number of fused-ring (bicyclic) bond motifs is 1. The molecule has 0 saturated heterocycles. The summed E-state index contributed by atoms with van der Waals surface area (Å²) in [4.78, 5) is 15.4. The maximum atomic E-state index is 12.0. The van der Waals surface area contributed by atoms with Crippen LogP contribution in [0.15, 0.2) is 56.6 Å². The highest BCUT2D eigenvalue weighted by atomic mass is 35.5. The molecule has 0 unspecified atom stereocenters. The zero-order valence-electron chi connectivity index (χ0n) is 13.0.